The van der Waals surface area contributed by atoms with Crippen molar-refractivity contribution in [3.63, 3.8) is 0 Å². The van der Waals surface area contributed by atoms with Crippen LogP contribution >= 0.6 is 0 Å². The van der Waals surface area contributed by atoms with Gasteiger partial charge in [-0.2, -0.15) is 0 Å². The average Bonchev–Trinajstić information content (AvgIpc) is 2.36. The quantitative estimate of drug-likeness (QED) is 0.807. The van der Waals surface area contributed by atoms with Crippen molar-refractivity contribution in [3.8, 4) is 5.75 Å². The summed E-state index contributed by atoms with van der Waals surface area (Å²) >= 11 is 0. The maximum absolute atomic E-state index is 5.63. The number of nitrogens with zero attached hydrogens (tertiary/aromatic N) is 1. The number of hydrogen-bond donors (Lipinski definition) is 1. The average molecular weight is 250 g/mol. The van der Waals surface area contributed by atoms with Crippen LogP contribution in [0.1, 0.15) is 24.5 Å². The van der Waals surface area contributed by atoms with Crippen molar-refractivity contribution in [2.45, 2.75) is 26.8 Å². The second-order valence-corrected chi connectivity index (χ2v) is 5.17. The minimum atomic E-state index is 0.602. The van der Waals surface area contributed by atoms with Crippen molar-refractivity contribution in [1.29, 1.82) is 0 Å². The summed E-state index contributed by atoms with van der Waals surface area (Å²) in [5.74, 6) is 1.56. The Morgan fingerprint density at radius 3 is 2.67 bits per heavy atom. The molecule has 3 heteroatoms. The third-order valence-electron chi connectivity index (χ3n) is 3.32. The normalized spacial score (nSPS) is 12.8. The summed E-state index contributed by atoms with van der Waals surface area (Å²) in [6, 6.07) is 6.37. The first kappa shape index (κ1) is 15.0. The van der Waals surface area contributed by atoms with Crippen molar-refractivity contribution < 1.29 is 4.74 Å². The molecule has 1 rings (SSSR count). The fraction of sp³-hybridized carbons (Fsp3) is 0.600. The Hall–Kier alpha value is -1.06. The van der Waals surface area contributed by atoms with Gasteiger partial charge in [0.1, 0.15) is 5.75 Å². The molecule has 1 unspecified atom stereocenters. The molecule has 0 aromatic heterocycles. The van der Waals surface area contributed by atoms with Crippen LogP contribution in [0.15, 0.2) is 18.2 Å². The fourth-order valence-electron chi connectivity index (χ4n) is 1.99. The Morgan fingerprint density at radius 1 is 1.39 bits per heavy atom. The molecule has 0 saturated carbocycles. The van der Waals surface area contributed by atoms with E-state index in [-0.39, 0.29) is 0 Å². The highest BCUT2D eigenvalue weighted by Gasteiger charge is 2.05. The SMILES string of the molecule is COc1ccc(CN(C)CCC(C)CN)cc1C. The molecule has 0 aliphatic carbocycles. The van der Waals surface area contributed by atoms with Gasteiger partial charge in [0.25, 0.3) is 0 Å². The van der Waals surface area contributed by atoms with Gasteiger partial charge in [-0.15, -0.1) is 0 Å². The van der Waals surface area contributed by atoms with Crippen LogP contribution in [-0.4, -0.2) is 32.1 Å². The Kier molecular flexibility index (Phi) is 6.16. The van der Waals surface area contributed by atoms with Gasteiger partial charge in [0, 0.05) is 6.54 Å². The number of nitrogens with two attached hydrogens (primary N) is 1. The fourth-order valence-corrected chi connectivity index (χ4v) is 1.99. The highest BCUT2D eigenvalue weighted by atomic mass is 16.5. The molecule has 0 radical (unpaired) electrons. The minimum absolute atomic E-state index is 0.602. The van der Waals surface area contributed by atoms with Gasteiger partial charge in [-0.1, -0.05) is 19.1 Å². The third-order valence-corrected chi connectivity index (χ3v) is 3.32. The predicted octanol–water partition coefficient (Wildman–Crippen LogP) is 2.42. The zero-order chi connectivity index (χ0) is 13.5. The van der Waals surface area contributed by atoms with Crippen LogP contribution in [0.2, 0.25) is 0 Å². The predicted molar refractivity (Wildman–Crippen MR) is 76.9 cm³/mol. The summed E-state index contributed by atoms with van der Waals surface area (Å²) in [6.45, 7) is 7.12. The number of rotatable bonds is 7. The van der Waals surface area contributed by atoms with E-state index in [4.69, 9.17) is 10.5 Å². The molecule has 0 spiro atoms. The maximum atomic E-state index is 5.63. The van der Waals surface area contributed by atoms with Crippen molar-refractivity contribution in [1.82, 2.24) is 4.90 Å². The molecule has 2 N–H and O–H groups in total. The van der Waals surface area contributed by atoms with E-state index in [1.165, 1.54) is 11.1 Å². The highest BCUT2D eigenvalue weighted by molar-refractivity contribution is 5.36. The topological polar surface area (TPSA) is 38.5 Å². The molecule has 1 atom stereocenters. The highest BCUT2D eigenvalue weighted by Crippen LogP contribution is 2.19. The van der Waals surface area contributed by atoms with Crippen LogP contribution in [0, 0.1) is 12.8 Å². The van der Waals surface area contributed by atoms with E-state index in [0.29, 0.717) is 5.92 Å². The molecule has 0 aliphatic rings. The summed E-state index contributed by atoms with van der Waals surface area (Å²) in [6.07, 6.45) is 1.15. The zero-order valence-electron chi connectivity index (χ0n) is 12.1. The van der Waals surface area contributed by atoms with Gasteiger partial charge in [-0.05, 0) is 56.6 Å². The molecule has 0 saturated heterocycles. The number of methoxy groups -OCH3 is 1. The Morgan fingerprint density at radius 2 is 2.11 bits per heavy atom. The van der Waals surface area contributed by atoms with Crippen molar-refractivity contribution in [3.05, 3.63) is 29.3 Å². The van der Waals surface area contributed by atoms with Crippen LogP contribution in [0.3, 0.4) is 0 Å². The Bertz CT molecular complexity index is 366. The lowest BCUT2D eigenvalue weighted by molar-refractivity contribution is 0.300. The van der Waals surface area contributed by atoms with Crippen LogP contribution in [0.4, 0.5) is 0 Å². The van der Waals surface area contributed by atoms with Gasteiger partial charge < -0.3 is 15.4 Å². The molecule has 18 heavy (non-hydrogen) atoms. The number of hydrogen-bond acceptors (Lipinski definition) is 3. The number of ether oxygens (including phenoxy) is 1. The van der Waals surface area contributed by atoms with Crippen LogP contribution in [0.25, 0.3) is 0 Å². The standard InChI is InChI=1S/C15H26N2O/c1-12(10-16)7-8-17(3)11-14-5-6-15(18-4)13(2)9-14/h5-6,9,12H,7-8,10-11,16H2,1-4H3. The summed E-state index contributed by atoms with van der Waals surface area (Å²) < 4.78 is 5.27. The summed E-state index contributed by atoms with van der Waals surface area (Å²) in [5.41, 5.74) is 8.15. The van der Waals surface area contributed by atoms with E-state index in [1.54, 1.807) is 7.11 Å². The largest absolute Gasteiger partial charge is 0.496 e. The lowest BCUT2D eigenvalue weighted by atomic mass is 10.1. The summed E-state index contributed by atoms with van der Waals surface area (Å²) in [5, 5.41) is 0. The lowest BCUT2D eigenvalue weighted by Gasteiger charge is -2.19. The van der Waals surface area contributed by atoms with Crippen LogP contribution in [-0.2, 0) is 6.54 Å². The number of aryl methyl sites for hydroxylation is 1. The Balaban J connectivity index is 2.49. The molecular formula is C15H26N2O. The number of benzene rings is 1. The second kappa shape index (κ2) is 7.39. The van der Waals surface area contributed by atoms with Crippen LogP contribution < -0.4 is 10.5 Å². The van der Waals surface area contributed by atoms with Crippen molar-refractivity contribution in [2.75, 3.05) is 27.2 Å². The maximum Gasteiger partial charge on any atom is 0.121 e. The first-order valence-corrected chi connectivity index (χ1v) is 6.59. The monoisotopic (exact) mass is 250 g/mol. The van der Waals surface area contributed by atoms with Gasteiger partial charge in [-0.3, -0.25) is 0 Å². The van der Waals surface area contributed by atoms with E-state index in [2.05, 4.69) is 37.9 Å². The molecule has 0 heterocycles. The van der Waals surface area contributed by atoms with Gasteiger partial charge in [0.2, 0.25) is 0 Å². The second-order valence-electron chi connectivity index (χ2n) is 5.17. The van der Waals surface area contributed by atoms with Gasteiger partial charge in [-0.25, -0.2) is 0 Å². The molecule has 0 fully saturated rings. The van der Waals surface area contributed by atoms with E-state index in [9.17, 15) is 0 Å². The molecule has 0 aliphatic heterocycles. The summed E-state index contributed by atoms with van der Waals surface area (Å²) in [7, 11) is 3.87. The zero-order valence-corrected chi connectivity index (χ0v) is 12.1. The van der Waals surface area contributed by atoms with E-state index in [1.807, 2.05) is 6.07 Å². The van der Waals surface area contributed by atoms with Gasteiger partial charge >= 0.3 is 0 Å². The molecule has 3 nitrogen and oxygen atoms in total. The molecule has 1 aromatic carbocycles. The van der Waals surface area contributed by atoms with Gasteiger partial charge in [0.15, 0.2) is 0 Å². The van der Waals surface area contributed by atoms with Crippen molar-refractivity contribution in [2.24, 2.45) is 11.7 Å². The van der Waals surface area contributed by atoms with E-state index >= 15 is 0 Å². The minimum Gasteiger partial charge on any atom is -0.496 e. The van der Waals surface area contributed by atoms with Crippen LogP contribution in [0.5, 0.6) is 5.75 Å². The molecule has 0 amide bonds. The smallest absolute Gasteiger partial charge is 0.121 e. The first-order valence-electron chi connectivity index (χ1n) is 6.59. The molecule has 1 aromatic rings. The first-order chi connectivity index (χ1) is 8.56. The molecular weight excluding hydrogens is 224 g/mol. The molecule has 0 bridgehead atoms. The summed E-state index contributed by atoms with van der Waals surface area (Å²) in [4.78, 5) is 2.34. The lowest BCUT2D eigenvalue weighted by Crippen LogP contribution is -2.23. The molecule has 102 valence electrons. The Labute approximate surface area is 111 Å². The van der Waals surface area contributed by atoms with E-state index < -0.39 is 0 Å². The third kappa shape index (κ3) is 4.67. The van der Waals surface area contributed by atoms with Crippen molar-refractivity contribution >= 4 is 0 Å². The van der Waals surface area contributed by atoms with E-state index in [0.717, 1.165) is 31.8 Å². The van der Waals surface area contributed by atoms with Gasteiger partial charge in [0.05, 0.1) is 7.11 Å².